The number of rotatable bonds is 8. The molecule has 0 fully saturated rings. The van der Waals surface area contributed by atoms with Gasteiger partial charge in [-0.15, -0.1) is 13.2 Å². The summed E-state index contributed by atoms with van der Waals surface area (Å²) in [5.41, 5.74) is 5.55. The van der Waals surface area contributed by atoms with Crippen LogP contribution in [0.1, 0.15) is 27.9 Å². The quantitative estimate of drug-likeness (QED) is 0.408. The van der Waals surface area contributed by atoms with Crippen LogP contribution in [-0.2, 0) is 4.74 Å². The summed E-state index contributed by atoms with van der Waals surface area (Å²) in [7, 11) is 0. The van der Waals surface area contributed by atoms with Gasteiger partial charge < -0.3 is 20.9 Å². The number of nitrogens with one attached hydrogen (secondary N) is 1. The van der Waals surface area contributed by atoms with Crippen molar-refractivity contribution < 1.29 is 41.3 Å². The summed E-state index contributed by atoms with van der Waals surface area (Å²) < 4.78 is 69.6. The summed E-state index contributed by atoms with van der Waals surface area (Å²) >= 11 is 0. The Morgan fingerprint density at radius 1 is 1.22 bits per heavy atom. The molecule has 0 aliphatic heterocycles. The maximum Gasteiger partial charge on any atom is 0.522 e. The largest absolute Gasteiger partial charge is 0.522 e. The first-order chi connectivity index (χ1) is 15.1. The molecule has 0 spiro atoms. The van der Waals surface area contributed by atoms with Crippen LogP contribution in [0.5, 0.6) is 5.75 Å². The van der Waals surface area contributed by atoms with E-state index in [0.29, 0.717) is 5.56 Å². The van der Waals surface area contributed by atoms with Gasteiger partial charge in [0, 0.05) is 18.0 Å². The molecule has 1 aromatic carbocycles. The Balaban J connectivity index is 2.19. The highest BCUT2D eigenvalue weighted by atomic mass is 19.4. The van der Waals surface area contributed by atoms with Crippen molar-refractivity contribution in [3.05, 3.63) is 47.3 Å². The standard InChI is InChI=1S/C19H17F5N4O4/c20-17(21)32-15-4-3-13(7-12(15)2-1-11-8-26-18(25)27-9-11)16(30)28-14(10-29)5-6-31-19(22,23)24/h3-4,7-9,14,17,29H,5-6,10H2,(H,28,30)(H2,25,26,27)/t14-/m0/s1. The van der Waals surface area contributed by atoms with Crippen LogP contribution in [0.2, 0.25) is 0 Å². The van der Waals surface area contributed by atoms with E-state index in [1.165, 1.54) is 12.4 Å². The number of aromatic nitrogens is 2. The number of nitrogen functional groups attached to an aromatic ring is 1. The zero-order valence-electron chi connectivity index (χ0n) is 16.2. The van der Waals surface area contributed by atoms with Crippen LogP contribution in [0.25, 0.3) is 0 Å². The number of aliphatic hydroxyl groups excluding tert-OH is 1. The molecule has 0 aliphatic rings. The Labute approximate surface area is 178 Å². The van der Waals surface area contributed by atoms with Gasteiger partial charge in [-0.2, -0.15) is 8.78 Å². The molecule has 8 nitrogen and oxygen atoms in total. The van der Waals surface area contributed by atoms with Gasteiger partial charge >= 0.3 is 13.0 Å². The zero-order valence-corrected chi connectivity index (χ0v) is 16.2. The number of carbonyl (C=O) groups excluding carboxylic acids is 1. The van der Waals surface area contributed by atoms with Gasteiger partial charge in [0.15, 0.2) is 0 Å². The van der Waals surface area contributed by atoms with Crippen molar-refractivity contribution in [2.45, 2.75) is 25.4 Å². The number of amides is 1. The van der Waals surface area contributed by atoms with E-state index in [2.05, 4.69) is 36.6 Å². The summed E-state index contributed by atoms with van der Waals surface area (Å²) in [6.07, 6.45) is -2.56. The lowest BCUT2D eigenvalue weighted by Gasteiger charge is -2.17. The summed E-state index contributed by atoms with van der Waals surface area (Å²) in [6.45, 7) is -4.58. The van der Waals surface area contributed by atoms with E-state index in [1.807, 2.05) is 0 Å². The fourth-order valence-electron chi connectivity index (χ4n) is 2.30. The van der Waals surface area contributed by atoms with Crippen LogP contribution in [0.3, 0.4) is 0 Å². The number of nitrogens with two attached hydrogens (primary N) is 1. The van der Waals surface area contributed by atoms with Crippen molar-refractivity contribution >= 4 is 11.9 Å². The van der Waals surface area contributed by atoms with E-state index in [4.69, 9.17) is 5.73 Å². The third-order valence-corrected chi connectivity index (χ3v) is 3.76. The van der Waals surface area contributed by atoms with E-state index >= 15 is 0 Å². The molecule has 2 rings (SSSR count). The maximum absolute atomic E-state index is 12.7. The highest BCUT2D eigenvalue weighted by molar-refractivity contribution is 5.95. The molecular weight excluding hydrogens is 443 g/mol. The van der Waals surface area contributed by atoms with Crippen LogP contribution in [-0.4, -0.2) is 53.2 Å². The first-order valence-electron chi connectivity index (χ1n) is 8.88. The summed E-state index contributed by atoms with van der Waals surface area (Å²) in [6, 6.07) is 2.36. The Morgan fingerprint density at radius 2 is 1.91 bits per heavy atom. The summed E-state index contributed by atoms with van der Waals surface area (Å²) in [5, 5.41) is 11.6. The average Bonchev–Trinajstić information content (AvgIpc) is 2.72. The number of aliphatic hydroxyl groups is 1. The molecule has 0 bridgehead atoms. The summed E-state index contributed by atoms with van der Waals surface area (Å²) in [4.78, 5) is 19.9. The van der Waals surface area contributed by atoms with Crippen molar-refractivity contribution in [3.63, 3.8) is 0 Å². The zero-order chi connectivity index (χ0) is 23.7. The lowest BCUT2D eigenvalue weighted by atomic mass is 10.1. The van der Waals surface area contributed by atoms with Crippen molar-refractivity contribution in [2.24, 2.45) is 0 Å². The number of benzene rings is 1. The number of anilines is 1. The number of hydrogen-bond donors (Lipinski definition) is 3. The molecule has 4 N–H and O–H groups in total. The number of alkyl halides is 5. The summed E-state index contributed by atoms with van der Waals surface area (Å²) in [5.74, 6) is 4.10. The average molecular weight is 460 g/mol. The second-order valence-corrected chi connectivity index (χ2v) is 6.11. The molecule has 0 unspecified atom stereocenters. The fraction of sp³-hybridized carbons (Fsp3) is 0.316. The molecule has 0 radical (unpaired) electrons. The van der Waals surface area contributed by atoms with Crippen LogP contribution in [0.15, 0.2) is 30.6 Å². The predicted molar refractivity (Wildman–Crippen MR) is 100 cm³/mol. The number of hydrogen-bond acceptors (Lipinski definition) is 7. The van der Waals surface area contributed by atoms with E-state index in [-0.39, 0.29) is 29.2 Å². The molecule has 2 aromatic rings. The minimum Gasteiger partial charge on any atom is -0.434 e. The SMILES string of the molecule is Nc1ncc(C#Cc2cc(C(=O)N[C@H](CO)CCOC(F)(F)F)ccc2OC(F)F)cn1. The highest BCUT2D eigenvalue weighted by Crippen LogP contribution is 2.22. The van der Waals surface area contributed by atoms with Crippen molar-refractivity contribution in [3.8, 4) is 17.6 Å². The first kappa shape index (κ1) is 24.8. The van der Waals surface area contributed by atoms with Crippen molar-refractivity contribution in [2.75, 3.05) is 18.9 Å². The number of carbonyl (C=O) groups is 1. The minimum atomic E-state index is -4.84. The van der Waals surface area contributed by atoms with Gasteiger partial charge in [-0.1, -0.05) is 11.8 Å². The topological polar surface area (TPSA) is 120 Å². The van der Waals surface area contributed by atoms with E-state index in [9.17, 15) is 31.9 Å². The molecule has 0 saturated heterocycles. The lowest BCUT2D eigenvalue weighted by Crippen LogP contribution is -2.38. The molecule has 1 aromatic heterocycles. The van der Waals surface area contributed by atoms with E-state index in [1.54, 1.807) is 0 Å². The van der Waals surface area contributed by atoms with Crippen LogP contribution in [0.4, 0.5) is 27.9 Å². The first-order valence-corrected chi connectivity index (χ1v) is 8.88. The highest BCUT2D eigenvalue weighted by Gasteiger charge is 2.29. The normalized spacial score (nSPS) is 12.1. The molecule has 1 amide bonds. The van der Waals surface area contributed by atoms with Crippen LogP contribution >= 0.6 is 0 Å². The smallest absolute Gasteiger partial charge is 0.434 e. The number of nitrogens with zero attached hydrogens (tertiary/aromatic N) is 2. The Kier molecular flexibility index (Phi) is 8.68. The molecule has 172 valence electrons. The lowest BCUT2D eigenvalue weighted by molar-refractivity contribution is -0.325. The molecule has 32 heavy (non-hydrogen) atoms. The van der Waals surface area contributed by atoms with Crippen molar-refractivity contribution in [1.29, 1.82) is 0 Å². The van der Waals surface area contributed by atoms with Gasteiger partial charge in [0.2, 0.25) is 5.95 Å². The Hall–Kier alpha value is -3.50. The molecule has 13 heteroatoms. The predicted octanol–water partition coefficient (Wildman–Crippen LogP) is 2.08. The third-order valence-electron chi connectivity index (χ3n) is 3.76. The van der Waals surface area contributed by atoms with Gasteiger partial charge in [0.05, 0.1) is 30.4 Å². The number of halogens is 5. The molecule has 0 saturated carbocycles. The molecule has 0 aliphatic carbocycles. The monoisotopic (exact) mass is 460 g/mol. The molecular formula is C19H17F5N4O4. The Bertz CT molecular complexity index is 974. The molecule has 1 heterocycles. The van der Waals surface area contributed by atoms with Gasteiger partial charge in [-0.05, 0) is 24.6 Å². The third kappa shape index (κ3) is 8.32. The molecule has 1 atom stereocenters. The fourth-order valence-corrected chi connectivity index (χ4v) is 2.30. The van der Waals surface area contributed by atoms with Crippen LogP contribution in [0, 0.1) is 11.8 Å². The van der Waals surface area contributed by atoms with E-state index < -0.39 is 38.1 Å². The Morgan fingerprint density at radius 3 is 2.50 bits per heavy atom. The second-order valence-electron chi connectivity index (χ2n) is 6.11. The van der Waals surface area contributed by atoms with Gasteiger partial charge in [0.25, 0.3) is 5.91 Å². The second kappa shape index (κ2) is 11.2. The van der Waals surface area contributed by atoms with Gasteiger partial charge in [0.1, 0.15) is 5.75 Å². The van der Waals surface area contributed by atoms with Gasteiger partial charge in [-0.3, -0.25) is 9.53 Å². The maximum atomic E-state index is 12.7. The van der Waals surface area contributed by atoms with E-state index in [0.717, 1.165) is 18.2 Å². The number of ether oxygens (including phenoxy) is 2. The van der Waals surface area contributed by atoms with Crippen LogP contribution < -0.4 is 15.8 Å². The minimum absolute atomic E-state index is 0.00927. The van der Waals surface area contributed by atoms with Gasteiger partial charge in [-0.25, -0.2) is 9.97 Å². The van der Waals surface area contributed by atoms with Crippen molar-refractivity contribution in [1.82, 2.24) is 15.3 Å².